The summed E-state index contributed by atoms with van der Waals surface area (Å²) in [5.41, 5.74) is -0.00918. The number of ether oxygens (including phenoxy) is 1. The number of hydrogen-bond donors (Lipinski definition) is 0. The van der Waals surface area contributed by atoms with Crippen LogP contribution in [0.1, 0.15) is 10.4 Å². The van der Waals surface area contributed by atoms with Gasteiger partial charge in [0.25, 0.3) is 0 Å². The largest absolute Gasteiger partial charge is 0.484 e. The molecule has 0 aliphatic rings. The molecule has 21 heavy (non-hydrogen) atoms. The normalized spacial score (nSPS) is 10.5. The average Bonchev–Trinajstić information content (AvgIpc) is 2.44. The number of carbonyl (C=O) groups excluding carboxylic acids is 1. The average molecular weight is 352 g/mol. The summed E-state index contributed by atoms with van der Waals surface area (Å²) in [6, 6.07) is 5.58. The quantitative estimate of drug-likeness (QED) is 0.560. The zero-order valence-electron chi connectivity index (χ0n) is 10.3. The van der Waals surface area contributed by atoms with Crippen LogP contribution in [0.5, 0.6) is 5.75 Å². The van der Waals surface area contributed by atoms with Gasteiger partial charge in [0.1, 0.15) is 5.75 Å². The Balaban J connectivity index is 2.11. The van der Waals surface area contributed by atoms with Gasteiger partial charge in [0.15, 0.2) is 24.0 Å². The van der Waals surface area contributed by atoms with E-state index in [9.17, 15) is 13.6 Å². The number of hydrogen-bond acceptors (Lipinski definition) is 2. The molecule has 0 heterocycles. The second-order valence-electron chi connectivity index (χ2n) is 4.04. The molecule has 0 spiro atoms. The molecule has 0 aliphatic heterocycles. The molecule has 0 saturated heterocycles. The van der Waals surface area contributed by atoms with Gasteiger partial charge < -0.3 is 4.74 Å². The summed E-state index contributed by atoms with van der Waals surface area (Å²) in [6.45, 7) is -0.400. The predicted octanol–water partition coefficient (Wildman–Crippen LogP) is 5.19. The second-order valence-corrected chi connectivity index (χ2v) is 5.26. The fourth-order valence-electron chi connectivity index (χ4n) is 1.51. The van der Waals surface area contributed by atoms with Gasteiger partial charge in [-0.3, -0.25) is 4.79 Å². The summed E-state index contributed by atoms with van der Waals surface area (Å²) >= 11 is 17.5. The van der Waals surface area contributed by atoms with Gasteiger partial charge in [0, 0.05) is 11.6 Å². The van der Waals surface area contributed by atoms with Gasteiger partial charge in [-0.2, -0.15) is 0 Å². The third kappa shape index (κ3) is 3.84. The molecule has 0 fully saturated rings. The first-order valence-corrected chi connectivity index (χ1v) is 6.77. The molecule has 2 rings (SSSR count). The highest BCUT2D eigenvalue weighted by molar-refractivity contribution is 6.43. The molecule has 2 aromatic carbocycles. The van der Waals surface area contributed by atoms with Crippen LogP contribution in [0, 0.1) is 11.6 Å². The summed E-state index contributed by atoms with van der Waals surface area (Å²) in [7, 11) is 0. The third-order valence-electron chi connectivity index (χ3n) is 2.58. The minimum atomic E-state index is -1.10. The van der Waals surface area contributed by atoms with Crippen molar-refractivity contribution in [1.29, 1.82) is 0 Å². The molecule has 0 aromatic heterocycles. The standard InChI is InChI=1S/C14H7Cl3F2O2/c15-8-4-10(17)14(5-9(8)16)21-6-13(20)7-1-2-11(18)12(19)3-7/h1-5H,6H2. The fourth-order valence-corrected chi connectivity index (χ4v) is 2.10. The van der Waals surface area contributed by atoms with Crippen molar-refractivity contribution in [2.75, 3.05) is 6.61 Å². The Hall–Kier alpha value is -1.36. The molecule has 7 heteroatoms. The van der Waals surface area contributed by atoms with Gasteiger partial charge in [-0.1, -0.05) is 34.8 Å². The van der Waals surface area contributed by atoms with Crippen LogP contribution in [0.4, 0.5) is 8.78 Å². The Kier molecular flexibility index (Phi) is 5.04. The third-order valence-corrected chi connectivity index (χ3v) is 3.59. The van der Waals surface area contributed by atoms with Crippen molar-refractivity contribution in [3.8, 4) is 5.75 Å². The maximum atomic E-state index is 13.0. The summed E-state index contributed by atoms with van der Waals surface area (Å²) in [5.74, 6) is -2.49. The highest BCUT2D eigenvalue weighted by Gasteiger charge is 2.13. The fraction of sp³-hybridized carbons (Fsp3) is 0.0714. The van der Waals surface area contributed by atoms with Crippen molar-refractivity contribution in [1.82, 2.24) is 0 Å². The van der Waals surface area contributed by atoms with Crippen LogP contribution in [0.2, 0.25) is 15.1 Å². The van der Waals surface area contributed by atoms with E-state index in [4.69, 9.17) is 39.5 Å². The maximum Gasteiger partial charge on any atom is 0.200 e. The van der Waals surface area contributed by atoms with Crippen molar-refractivity contribution in [3.05, 3.63) is 62.6 Å². The molecule has 0 bridgehead atoms. The van der Waals surface area contributed by atoms with Crippen LogP contribution in [0.25, 0.3) is 0 Å². The first-order chi connectivity index (χ1) is 9.88. The van der Waals surface area contributed by atoms with Gasteiger partial charge in [-0.25, -0.2) is 8.78 Å². The van der Waals surface area contributed by atoms with E-state index < -0.39 is 24.0 Å². The minimum absolute atomic E-state index is 0.00918. The zero-order valence-corrected chi connectivity index (χ0v) is 12.6. The van der Waals surface area contributed by atoms with Gasteiger partial charge in [-0.05, 0) is 24.3 Å². The molecular formula is C14H7Cl3F2O2. The minimum Gasteiger partial charge on any atom is -0.484 e. The van der Waals surface area contributed by atoms with Crippen molar-refractivity contribution in [2.45, 2.75) is 0 Å². The SMILES string of the molecule is O=C(COc1cc(Cl)c(Cl)cc1Cl)c1ccc(F)c(F)c1. The Bertz CT molecular complexity index is 705. The number of Topliss-reactive ketones (excluding diaryl/α,β-unsaturated/α-hetero) is 1. The Morgan fingerprint density at radius 3 is 2.29 bits per heavy atom. The van der Waals surface area contributed by atoms with Gasteiger partial charge in [0.05, 0.1) is 15.1 Å². The zero-order chi connectivity index (χ0) is 15.6. The Morgan fingerprint density at radius 1 is 0.952 bits per heavy atom. The van der Waals surface area contributed by atoms with E-state index in [1.165, 1.54) is 18.2 Å². The predicted molar refractivity (Wildman–Crippen MR) is 77.7 cm³/mol. The first kappa shape index (κ1) is 16.0. The van der Waals surface area contributed by atoms with E-state index in [2.05, 4.69) is 0 Å². The lowest BCUT2D eigenvalue weighted by atomic mass is 10.1. The lowest BCUT2D eigenvalue weighted by Crippen LogP contribution is -2.12. The van der Waals surface area contributed by atoms with Crippen molar-refractivity contribution in [3.63, 3.8) is 0 Å². The summed E-state index contributed by atoms with van der Waals surface area (Å²) in [6.07, 6.45) is 0. The van der Waals surface area contributed by atoms with E-state index in [0.717, 1.165) is 12.1 Å². The molecule has 0 radical (unpaired) electrons. The second kappa shape index (κ2) is 6.60. The van der Waals surface area contributed by atoms with E-state index in [0.29, 0.717) is 0 Å². The Morgan fingerprint density at radius 2 is 1.62 bits per heavy atom. The van der Waals surface area contributed by atoms with Crippen molar-refractivity contribution < 1.29 is 18.3 Å². The number of halogens is 5. The molecular weight excluding hydrogens is 345 g/mol. The van der Waals surface area contributed by atoms with E-state index >= 15 is 0 Å². The molecule has 0 aliphatic carbocycles. The van der Waals surface area contributed by atoms with E-state index in [-0.39, 0.29) is 26.4 Å². The number of rotatable bonds is 4. The highest BCUT2D eigenvalue weighted by Crippen LogP contribution is 2.33. The molecule has 0 unspecified atom stereocenters. The van der Waals surface area contributed by atoms with Crippen LogP contribution in [-0.4, -0.2) is 12.4 Å². The topological polar surface area (TPSA) is 26.3 Å². The van der Waals surface area contributed by atoms with Crippen LogP contribution < -0.4 is 4.74 Å². The number of benzene rings is 2. The molecule has 110 valence electrons. The molecule has 2 aromatic rings. The van der Waals surface area contributed by atoms with Gasteiger partial charge >= 0.3 is 0 Å². The smallest absolute Gasteiger partial charge is 0.200 e. The summed E-state index contributed by atoms with van der Waals surface area (Å²) in [4.78, 5) is 11.8. The van der Waals surface area contributed by atoms with E-state index in [1.54, 1.807) is 0 Å². The highest BCUT2D eigenvalue weighted by atomic mass is 35.5. The summed E-state index contributed by atoms with van der Waals surface area (Å²) < 4.78 is 31.0. The molecule has 0 amide bonds. The molecule has 0 saturated carbocycles. The number of carbonyl (C=O) groups is 1. The van der Waals surface area contributed by atoms with Crippen molar-refractivity contribution >= 4 is 40.6 Å². The van der Waals surface area contributed by atoms with E-state index in [1.807, 2.05) is 0 Å². The summed E-state index contributed by atoms with van der Waals surface area (Å²) in [5, 5.41) is 0.653. The van der Waals surface area contributed by atoms with Crippen LogP contribution in [0.15, 0.2) is 30.3 Å². The first-order valence-electron chi connectivity index (χ1n) is 5.64. The van der Waals surface area contributed by atoms with Gasteiger partial charge in [0.2, 0.25) is 0 Å². The lowest BCUT2D eigenvalue weighted by molar-refractivity contribution is 0.0921. The van der Waals surface area contributed by atoms with Crippen LogP contribution in [0.3, 0.4) is 0 Å². The maximum absolute atomic E-state index is 13.0. The molecule has 0 atom stereocenters. The molecule has 2 nitrogen and oxygen atoms in total. The molecule has 0 N–H and O–H groups in total. The lowest BCUT2D eigenvalue weighted by Gasteiger charge is -2.09. The van der Waals surface area contributed by atoms with Crippen molar-refractivity contribution in [2.24, 2.45) is 0 Å². The Labute approximate surface area is 134 Å². The number of ketones is 1. The monoisotopic (exact) mass is 350 g/mol. The van der Waals surface area contributed by atoms with Gasteiger partial charge in [-0.15, -0.1) is 0 Å². The van der Waals surface area contributed by atoms with Crippen LogP contribution >= 0.6 is 34.8 Å². The van der Waals surface area contributed by atoms with Crippen LogP contribution in [-0.2, 0) is 0 Å².